The van der Waals surface area contributed by atoms with Gasteiger partial charge in [0.2, 0.25) is 5.91 Å². The average Bonchev–Trinajstić information content (AvgIpc) is 2.78. The van der Waals surface area contributed by atoms with E-state index in [1.165, 1.54) is 19.3 Å². The molecule has 2 bridgehead atoms. The quantitative estimate of drug-likeness (QED) is 0.867. The molecule has 3 rings (SSSR count). The third-order valence-electron chi connectivity index (χ3n) is 7.30. The van der Waals surface area contributed by atoms with Crippen LogP contribution in [0.15, 0.2) is 0 Å². The lowest BCUT2D eigenvalue weighted by molar-refractivity contribution is -0.136. The molecule has 1 amide bonds. The third-order valence-corrected chi connectivity index (χ3v) is 7.30. The van der Waals surface area contributed by atoms with Crippen LogP contribution in [0.5, 0.6) is 0 Å². The highest BCUT2D eigenvalue weighted by atomic mass is 16.2. The number of hydrogen-bond acceptors (Lipinski definition) is 3. The predicted molar refractivity (Wildman–Crippen MR) is 86.5 cm³/mol. The molecule has 3 aliphatic rings. The van der Waals surface area contributed by atoms with Crippen LogP contribution in [0.3, 0.4) is 0 Å². The van der Waals surface area contributed by atoms with Gasteiger partial charge in [0.05, 0.1) is 5.41 Å². The zero-order chi connectivity index (χ0) is 16.0. The number of rotatable bonds is 4. The van der Waals surface area contributed by atoms with Gasteiger partial charge in [0.25, 0.3) is 0 Å². The number of carbonyl (C=O) groups is 2. The summed E-state index contributed by atoms with van der Waals surface area (Å²) < 4.78 is 0. The fourth-order valence-electron chi connectivity index (χ4n) is 5.04. The second kappa shape index (κ2) is 5.33. The van der Waals surface area contributed by atoms with Crippen molar-refractivity contribution in [3.05, 3.63) is 0 Å². The maximum Gasteiger partial charge on any atom is 0.227 e. The van der Waals surface area contributed by atoms with Crippen LogP contribution in [0.25, 0.3) is 0 Å². The number of nitrogens with one attached hydrogen (secondary N) is 1. The van der Waals surface area contributed by atoms with Crippen LogP contribution in [0.1, 0.15) is 59.3 Å². The van der Waals surface area contributed by atoms with E-state index in [9.17, 15) is 9.59 Å². The second-order valence-corrected chi connectivity index (χ2v) is 8.30. The maximum absolute atomic E-state index is 12.9. The van der Waals surface area contributed by atoms with Crippen molar-refractivity contribution in [3.8, 4) is 0 Å². The molecule has 22 heavy (non-hydrogen) atoms. The number of fused-ring (bicyclic) bond motifs is 2. The first-order valence-electron chi connectivity index (χ1n) is 8.87. The van der Waals surface area contributed by atoms with Crippen molar-refractivity contribution in [3.63, 3.8) is 0 Å². The molecule has 0 aromatic heterocycles. The van der Waals surface area contributed by atoms with Crippen LogP contribution in [0.4, 0.5) is 0 Å². The number of ketones is 1. The Bertz CT molecular complexity index is 481. The zero-order valence-corrected chi connectivity index (χ0v) is 14.3. The van der Waals surface area contributed by atoms with Gasteiger partial charge in [-0.1, -0.05) is 27.2 Å². The highest BCUT2D eigenvalue weighted by Gasteiger charge is 2.72. The molecule has 1 saturated heterocycles. The Morgan fingerprint density at radius 2 is 1.82 bits per heavy atom. The minimum atomic E-state index is -0.471. The van der Waals surface area contributed by atoms with Gasteiger partial charge >= 0.3 is 0 Å². The lowest BCUT2D eigenvalue weighted by atomic mass is 9.64. The highest BCUT2D eigenvalue weighted by Crippen LogP contribution is 2.70. The third kappa shape index (κ3) is 2.06. The normalized spacial score (nSPS) is 37.5. The van der Waals surface area contributed by atoms with Gasteiger partial charge in [0.15, 0.2) is 0 Å². The highest BCUT2D eigenvalue weighted by molar-refractivity contribution is 5.99. The Kier molecular flexibility index (Phi) is 3.87. The van der Waals surface area contributed by atoms with Gasteiger partial charge in [-0.15, -0.1) is 0 Å². The van der Waals surface area contributed by atoms with Crippen LogP contribution in [0, 0.1) is 16.2 Å². The number of piperidine rings is 1. The van der Waals surface area contributed by atoms with Gasteiger partial charge in [0.1, 0.15) is 5.78 Å². The van der Waals surface area contributed by atoms with Crippen molar-refractivity contribution in [1.29, 1.82) is 0 Å². The van der Waals surface area contributed by atoms with Gasteiger partial charge in [-0.2, -0.15) is 0 Å². The molecule has 124 valence electrons. The van der Waals surface area contributed by atoms with E-state index >= 15 is 0 Å². The van der Waals surface area contributed by atoms with E-state index < -0.39 is 5.41 Å². The van der Waals surface area contributed by atoms with Crippen molar-refractivity contribution in [2.24, 2.45) is 16.2 Å². The second-order valence-electron chi connectivity index (χ2n) is 8.30. The van der Waals surface area contributed by atoms with Gasteiger partial charge in [-0.3, -0.25) is 9.59 Å². The van der Waals surface area contributed by atoms with Crippen LogP contribution in [0.2, 0.25) is 0 Å². The molecule has 4 nitrogen and oxygen atoms in total. The number of hydrogen-bond donors (Lipinski definition) is 1. The van der Waals surface area contributed by atoms with Crippen molar-refractivity contribution in [2.45, 2.75) is 59.3 Å². The van der Waals surface area contributed by atoms with Crippen LogP contribution >= 0.6 is 0 Å². The first-order chi connectivity index (χ1) is 10.3. The summed E-state index contributed by atoms with van der Waals surface area (Å²) in [7, 11) is 0. The summed E-state index contributed by atoms with van der Waals surface area (Å²) in [4.78, 5) is 27.7. The smallest absolute Gasteiger partial charge is 0.227 e. The fourth-order valence-corrected chi connectivity index (χ4v) is 5.04. The predicted octanol–water partition coefficient (Wildman–Crippen LogP) is 2.37. The molecule has 0 spiro atoms. The van der Waals surface area contributed by atoms with E-state index in [2.05, 4.69) is 31.0 Å². The number of nitrogens with zero attached hydrogens (tertiary/aromatic N) is 1. The van der Waals surface area contributed by atoms with E-state index in [4.69, 9.17) is 0 Å². The van der Waals surface area contributed by atoms with Crippen LogP contribution in [-0.2, 0) is 9.59 Å². The number of amides is 1. The van der Waals surface area contributed by atoms with Crippen LogP contribution in [-0.4, -0.2) is 42.8 Å². The molecule has 2 atom stereocenters. The molecule has 0 aromatic carbocycles. The minimum Gasteiger partial charge on any atom is -0.354 e. The van der Waals surface area contributed by atoms with E-state index in [1.807, 2.05) is 0 Å². The van der Waals surface area contributed by atoms with E-state index in [-0.39, 0.29) is 22.5 Å². The Hall–Kier alpha value is -0.900. The molecule has 3 fully saturated rings. The molecule has 4 heteroatoms. The van der Waals surface area contributed by atoms with Gasteiger partial charge in [0, 0.05) is 24.9 Å². The summed E-state index contributed by atoms with van der Waals surface area (Å²) in [5.74, 6) is 0.402. The molecule has 2 saturated carbocycles. The largest absolute Gasteiger partial charge is 0.354 e. The first kappa shape index (κ1) is 16.0. The molecule has 1 aliphatic heterocycles. The Morgan fingerprint density at radius 3 is 2.36 bits per heavy atom. The Balaban J connectivity index is 1.61. The number of Topliss-reactive ketones (excluding diaryl/α,β-unsaturated/α-hetero) is 1. The monoisotopic (exact) mass is 306 g/mol. The molecule has 0 radical (unpaired) electrons. The molecular formula is C18H30N2O2. The standard InChI is InChI=1S/C18H30N2O2/c1-16(2)17(3)7-8-18(16,13-14(17)21)15(22)19-9-12-20-10-5-4-6-11-20/h4-13H2,1-3H3,(H,19,22)/t17-,18+/m0/s1. The molecule has 1 N–H and O–H groups in total. The zero-order valence-electron chi connectivity index (χ0n) is 14.3. The lowest BCUT2D eigenvalue weighted by Gasteiger charge is -2.38. The summed E-state index contributed by atoms with van der Waals surface area (Å²) in [5, 5.41) is 3.15. The minimum absolute atomic E-state index is 0.115. The fraction of sp³-hybridized carbons (Fsp3) is 0.889. The van der Waals surface area contributed by atoms with Crippen molar-refractivity contribution in [1.82, 2.24) is 10.2 Å². The summed E-state index contributed by atoms with van der Waals surface area (Å²) >= 11 is 0. The molecule has 0 unspecified atom stereocenters. The van der Waals surface area contributed by atoms with Crippen molar-refractivity contribution < 1.29 is 9.59 Å². The summed E-state index contributed by atoms with van der Waals surface area (Å²) in [6.07, 6.45) is 6.04. The van der Waals surface area contributed by atoms with Crippen molar-refractivity contribution >= 4 is 11.7 Å². The average molecular weight is 306 g/mol. The van der Waals surface area contributed by atoms with E-state index in [0.717, 1.165) is 32.5 Å². The molecule has 2 aliphatic carbocycles. The lowest BCUT2D eigenvalue weighted by Crippen LogP contribution is -2.48. The summed E-state index contributed by atoms with van der Waals surface area (Å²) in [6, 6.07) is 0. The topological polar surface area (TPSA) is 49.4 Å². The maximum atomic E-state index is 12.9. The van der Waals surface area contributed by atoms with Gasteiger partial charge in [-0.25, -0.2) is 0 Å². The SMILES string of the molecule is CC1(C)[C@]2(C(=O)NCCN3CCCCC3)CC[C@@]1(C)C(=O)C2. The van der Waals surface area contributed by atoms with Gasteiger partial charge in [-0.05, 0) is 44.2 Å². The summed E-state index contributed by atoms with van der Waals surface area (Å²) in [5.41, 5.74) is -1.01. The number of likely N-dealkylation sites (tertiary alicyclic amines) is 1. The summed E-state index contributed by atoms with van der Waals surface area (Å²) in [6.45, 7) is 10.3. The van der Waals surface area contributed by atoms with E-state index in [1.54, 1.807) is 0 Å². The van der Waals surface area contributed by atoms with Gasteiger partial charge < -0.3 is 10.2 Å². The van der Waals surface area contributed by atoms with Crippen molar-refractivity contribution in [2.75, 3.05) is 26.2 Å². The van der Waals surface area contributed by atoms with E-state index in [0.29, 0.717) is 13.0 Å². The molecule has 1 heterocycles. The van der Waals surface area contributed by atoms with Crippen LogP contribution < -0.4 is 5.32 Å². The Labute approximate surface area is 134 Å². The Morgan fingerprint density at radius 1 is 1.14 bits per heavy atom. The first-order valence-corrected chi connectivity index (χ1v) is 8.87. The number of carbonyl (C=O) groups excluding carboxylic acids is 2. The molecule has 0 aromatic rings. The molecular weight excluding hydrogens is 276 g/mol.